The van der Waals surface area contributed by atoms with Crippen molar-refractivity contribution in [3.63, 3.8) is 0 Å². The summed E-state index contributed by atoms with van der Waals surface area (Å²) >= 11 is 0. The lowest BCUT2D eigenvalue weighted by Crippen LogP contribution is -2.48. The molecule has 2 aromatic rings. The topological polar surface area (TPSA) is 39.3 Å². The van der Waals surface area contributed by atoms with E-state index in [9.17, 15) is 9.18 Å². The summed E-state index contributed by atoms with van der Waals surface area (Å²) in [5, 5.41) is 0.746. The maximum atomic E-state index is 13.6. The van der Waals surface area contributed by atoms with E-state index in [0.29, 0.717) is 0 Å². The summed E-state index contributed by atoms with van der Waals surface area (Å²) in [5.74, 6) is -0.0612. The zero-order valence-corrected chi connectivity index (χ0v) is 14.1. The summed E-state index contributed by atoms with van der Waals surface area (Å²) in [6, 6.07) is 4.67. The van der Waals surface area contributed by atoms with Crippen LogP contribution in [0.5, 0.6) is 0 Å². The summed E-state index contributed by atoms with van der Waals surface area (Å²) in [6.45, 7) is 8.36. The summed E-state index contributed by atoms with van der Waals surface area (Å²) in [6.07, 6.45) is 1.76. The van der Waals surface area contributed by atoms with Gasteiger partial charge in [0.15, 0.2) is 5.78 Å². The molecular formula is C19H24FN3O. The number of Topliss-reactive ketones (excluding diaryl/α,β-unsaturated/α-hetero) is 1. The lowest BCUT2D eigenvalue weighted by Gasteiger charge is -2.36. The summed E-state index contributed by atoms with van der Waals surface area (Å²) in [4.78, 5) is 21.2. The van der Waals surface area contributed by atoms with Crippen LogP contribution in [0.2, 0.25) is 0 Å². The van der Waals surface area contributed by atoms with E-state index >= 15 is 0 Å². The molecule has 1 aliphatic carbocycles. The molecule has 1 atom stereocenters. The molecule has 0 radical (unpaired) electrons. The average Bonchev–Trinajstić information content (AvgIpc) is 2.96. The molecule has 0 saturated carbocycles. The molecule has 1 aromatic heterocycles. The van der Waals surface area contributed by atoms with Crippen molar-refractivity contribution in [1.82, 2.24) is 14.8 Å². The van der Waals surface area contributed by atoms with Crippen molar-refractivity contribution >= 4 is 16.7 Å². The van der Waals surface area contributed by atoms with E-state index in [4.69, 9.17) is 0 Å². The van der Waals surface area contributed by atoms with Crippen LogP contribution in [0.3, 0.4) is 0 Å². The smallest absolute Gasteiger partial charge is 0.169 e. The maximum Gasteiger partial charge on any atom is 0.169 e. The Bertz CT molecular complexity index is 761. The van der Waals surface area contributed by atoms with E-state index in [1.54, 1.807) is 6.07 Å². The van der Waals surface area contributed by atoms with Crippen LogP contribution in [0.1, 0.15) is 29.4 Å². The highest BCUT2D eigenvalue weighted by Gasteiger charge is 2.32. The highest BCUT2D eigenvalue weighted by Crippen LogP contribution is 2.32. The molecule has 4 nitrogen and oxygen atoms in total. The van der Waals surface area contributed by atoms with Crippen LogP contribution in [0.15, 0.2) is 18.2 Å². The van der Waals surface area contributed by atoms with Gasteiger partial charge in [-0.25, -0.2) is 4.39 Å². The van der Waals surface area contributed by atoms with E-state index in [-0.39, 0.29) is 17.5 Å². The Labute approximate surface area is 141 Å². The Kier molecular flexibility index (Phi) is 4.14. The fraction of sp³-hybridized carbons (Fsp3) is 0.526. The van der Waals surface area contributed by atoms with E-state index in [1.807, 2.05) is 0 Å². The number of hydrogen-bond donors (Lipinski definition) is 1. The first-order chi connectivity index (χ1) is 11.7. The Morgan fingerprint density at radius 3 is 2.71 bits per heavy atom. The predicted molar refractivity (Wildman–Crippen MR) is 93.0 cm³/mol. The quantitative estimate of drug-likeness (QED) is 0.941. The number of halogens is 1. The van der Waals surface area contributed by atoms with Gasteiger partial charge in [0.1, 0.15) is 5.82 Å². The number of H-pyrrole nitrogens is 1. The van der Waals surface area contributed by atoms with E-state index in [2.05, 4.69) is 21.7 Å². The number of nitrogens with zero attached hydrogens (tertiary/aromatic N) is 2. The number of aromatic amines is 1. The predicted octanol–water partition coefficient (Wildman–Crippen LogP) is 2.69. The minimum Gasteiger partial charge on any atom is -0.358 e. The normalized spacial score (nSPS) is 22.9. The molecule has 0 amide bonds. The van der Waals surface area contributed by atoms with Crippen molar-refractivity contribution in [2.45, 2.75) is 19.8 Å². The Morgan fingerprint density at radius 1 is 1.21 bits per heavy atom. The second-order valence-corrected chi connectivity index (χ2v) is 7.00. The highest BCUT2D eigenvalue weighted by molar-refractivity contribution is 6.11. The lowest BCUT2D eigenvalue weighted by atomic mass is 9.84. The molecule has 0 spiro atoms. The number of likely N-dealkylation sites (N-methyl/N-ethyl adjacent to an activating group) is 1. The van der Waals surface area contributed by atoms with Crippen LogP contribution < -0.4 is 0 Å². The Morgan fingerprint density at radius 2 is 1.96 bits per heavy atom. The third-order valence-corrected chi connectivity index (χ3v) is 5.59. The van der Waals surface area contributed by atoms with Gasteiger partial charge in [0.05, 0.1) is 0 Å². The van der Waals surface area contributed by atoms with Crippen molar-refractivity contribution in [2.75, 3.05) is 39.3 Å². The number of fused-ring (bicyclic) bond motifs is 3. The molecule has 1 aromatic carbocycles. The summed E-state index contributed by atoms with van der Waals surface area (Å²) in [7, 11) is 0. The van der Waals surface area contributed by atoms with Gasteiger partial charge in [-0.1, -0.05) is 6.92 Å². The van der Waals surface area contributed by atoms with Crippen LogP contribution in [-0.4, -0.2) is 59.8 Å². The van der Waals surface area contributed by atoms with Crippen molar-refractivity contribution in [3.8, 4) is 0 Å². The Balaban J connectivity index is 1.53. The zero-order valence-electron chi connectivity index (χ0n) is 14.1. The molecule has 1 unspecified atom stereocenters. The molecule has 128 valence electrons. The van der Waals surface area contributed by atoms with Crippen molar-refractivity contribution in [2.24, 2.45) is 5.92 Å². The maximum absolute atomic E-state index is 13.6. The number of nitrogens with one attached hydrogen (secondary N) is 1. The number of rotatable bonds is 3. The van der Waals surface area contributed by atoms with Gasteiger partial charge in [-0.05, 0) is 37.6 Å². The number of aryl methyl sites for hydroxylation is 1. The van der Waals surface area contributed by atoms with E-state index in [1.165, 1.54) is 12.1 Å². The molecule has 0 bridgehead atoms. The molecule has 1 fully saturated rings. The third-order valence-electron chi connectivity index (χ3n) is 5.59. The van der Waals surface area contributed by atoms with Crippen molar-refractivity contribution in [3.05, 3.63) is 35.3 Å². The van der Waals surface area contributed by atoms with Crippen LogP contribution in [0, 0.1) is 11.7 Å². The molecular weight excluding hydrogens is 305 g/mol. The number of carbonyl (C=O) groups is 1. The first kappa shape index (κ1) is 15.8. The molecule has 1 aliphatic heterocycles. The fourth-order valence-electron chi connectivity index (χ4n) is 4.12. The minimum atomic E-state index is -0.282. The van der Waals surface area contributed by atoms with Crippen molar-refractivity contribution in [1.29, 1.82) is 0 Å². The second-order valence-electron chi connectivity index (χ2n) is 7.00. The molecule has 5 heteroatoms. The second kappa shape index (κ2) is 6.30. The Hall–Kier alpha value is -1.72. The van der Waals surface area contributed by atoms with Crippen LogP contribution in [-0.2, 0) is 6.42 Å². The number of benzene rings is 1. The molecule has 24 heavy (non-hydrogen) atoms. The monoisotopic (exact) mass is 329 g/mol. The first-order valence-electron chi connectivity index (χ1n) is 8.94. The number of ketones is 1. The molecule has 4 rings (SSSR count). The van der Waals surface area contributed by atoms with Gasteiger partial charge >= 0.3 is 0 Å². The van der Waals surface area contributed by atoms with Gasteiger partial charge in [0.2, 0.25) is 0 Å². The van der Waals surface area contributed by atoms with Crippen molar-refractivity contribution < 1.29 is 9.18 Å². The molecule has 2 heterocycles. The van der Waals surface area contributed by atoms with Gasteiger partial charge in [0, 0.05) is 60.8 Å². The first-order valence-corrected chi connectivity index (χ1v) is 8.94. The lowest BCUT2D eigenvalue weighted by molar-refractivity contribution is 0.0797. The standard InChI is InChI=1S/C19H24FN3O/c1-2-22-7-9-23(10-8-22)12-13-3-5-17-18(19(13)24)15-11-14(20)4-6-16(15)21-17/h4,6,11,13,21H,2-3,5,7-10,12H2,1H3. The molecule has 2 aliphatic rings. The summed E-state index contributed by atoms with van der Waals surface area (Å²) < 4.78 is 13.6. The number of carbonyl (C=O) groups excluding carboxylic acids is 1. The highest BCUT2D eigenvalue weighted by atomic mass is 19.1. The molecule has 1 saturated heterocycles. The van der Waals surface area contributed by atoms with Crippen LogP contribution in [0.25, 0.3) is 10.9 Å². The molecule has 1 N–H and O–H groups in total. The van der Waals surface area contributed by atoms with Gasteiger partial charge in [0.25, 0.3) is 0 Å². The number of aromatic nitrogens is 1. The van der Waals surface area contributed by atoms with E-state index < -0.39 is 0 Å². The minimum absolute atomic E-state index is 0.0351. The summed E-state index contributed by atoms with van der Waals surface area (Å²) in [5.41, 5.74) is 2.58. The van der Waals surface area contributed by atoms with Gasteiger partial charge < -0.3 is 14.8 Å². The number of piperazine rings is 1. The van der Waals surface area contributed by atoms with Gasteiger partial charge in [-0.3, -0.25) is 4.79 Å². The van der Waals surface area contributed by atoms with Gasteiger partial charge in [-0.2, -0.15) is 0 Å². The fourth-order valence-corrected chi connectivity index (χ4v) is 4.12. The largest absolute Gasteiger partial charge is 0.358 e. The average molecular weight is 329 g/mol. The zero-order chi connectivity index (χ0) is 16.7. The van der Waals surface area contributed by atoms with Crippen LogP contribution >= 0.6 is 0 Å². The number of hydrogen-bond acceptors (Lipinski definition) is 3. The van der Waals surface area contributed by atoms with Gasteiger partial charge in [-0.15, -0.1) is 0 Å². The SMILES string of the molecule is CCN1CCN(CC2CCc3[nH]c4ccc(F)cc4c3C2=O)CC1. The van der Waals surface area contributed by atoms with Crippen LogP contribution in [0.4, 0.5) is 4.39 Å². The third kappa shape index (κ3) is 2.76. The van der Waals surface area contributed by atoms with E-state index in [0.717, 1.165) is 74.3 Å².